The van der Waals surface area contributed by atoms with E-state index >= 15 is 0 Å². The van der Waals surface area contributed by atoms with Crippen LogP contribution in [0.1, 0.15) is 5.56 Å². The van der Waals surface area contributed by atoms with Crippen LogP contribution in [0.25, 0.3) is 33.9 Å². The third-order valence-electron chi connectivity index (χ3n) is 4.06. The number of hydrogen-bond donors (Lipinski definition) is 1. The first-order valence-corrected chi connectivity index (χ1v) is 8.66. The molecule has 0 aliphatic rings. The molecule has 4 heteroatoms. The normalized spacial score (nSPS) is 10.0. The van der Waals surface area contributed by atoms with Gasteiger partial charge in [-0.15, -0.1) is 0 Å². The van der Waals surface area contributed by atoms with E-state index in [2.05, 4.69) is 53.3 Å². The standard InChI is InChI=1S/C22H17N3.CH4O/c1-16-8-10-17(11-9-16)18-14-21(19-6-2-4-12-23-19)25-22(15-18)20-7-3-5-13-24-20;1-2/h2-15H,1H3;2H,1H3. The molecule has 134 valence electrons. The molecule has 0 spiro atoms. The maximum atomic E-state index is 7.00. The highest BCUT2D eigenvalue weighted by atomic mass is 16.2. The summed E-state index contributed by atoms with van der Waals surface area (Å²) in [6.07, 6.45) is 3.58. The average molecular weight is 355 g/mol. The van der Waals surface area contributed by atoms with Gasteiger partial charge in [0.15, 0.2) is 0 Å². The molecule has 0 saturated heterocycles. The van der Waals surface area contributed by atoms with Gasteiger partial charge in [-0.2, -0.15) is 0 Å². The molecule has 4 aromatic rings. The molecule has 0 amide bonds. The molecule has 0 aliphatic carbocycles. The largest absolute Gasteiger partial charge is 0.400 e. The number of aliphatic hydroxyl groups is 1. The smallest absolute Gasteiger partial charge is 0.0900 e. The molecule has 27 heavy (non-hydrogen) atoms. The molecular weight excluding hydrogens is 334 g/mol. The third-order valence-corrected chi connectivity index (χ3v) is 4.06. The molecule has 4 rings (SSSR count). The van der Waals surface area contributed by atoms with Gasteiger partial charge < -0.3 is 5.11 Å². The fourth-order valence-corrected chi connectivity index (χ4v) is 2.73. The molecule has 0 fully saturated rings. The molecule has 4 nitrogen and oxygen atoms in total. The Hall–Kier alpha value is -3.37. The summed E-state index contributed by atoms with van der Waals surface area (Å²) >= 11 is 0. The molecule has 0 unspecified atom stereocenters. The van der Waals surface area contributed by atoms with Crippen LogP contribution < -0.4 is 0 Å². The van der Waals surface area contributed by atoms with Gasteiger partial charge in [0, 0.05) is 19.5 Å². The third kappa shape index (κ3) is 4.43. The molecule has 3 heterocycles. The van der Waals surface area contributed by atoms with E-state index < -0.39 is 0 Å². The number of benzene rings is 1. The highest BCUT2D eigenvalue weighted by Gasteiger charge is 2.10. The second-order valence-corrected chi connectivity index (χ2v) is 5.92. The first-order valence-electron chi connectivity index (χ1n) is 8.66. The Morgan fingerprint density at radius 3 is 1.56 bits per heavy atom. The summed E-state index contributed by atoms with van der Waals surface area (Å²) in [4.78, 5) is 13.7. The van der Waals surface area contributed by atoms with E-state index in [1.54, 1.807) is 12.4 Å². The molecule has 1 N–H and O–H groups in total. The number of nitrogens with zero attached hydrogens (tertiary/aromatic N) is 3. The van der Waals surface area contributed by atoms with E-state index in [0.717, 1.165) is 41.0 Å². The van der Waals surface area contributed by atoms with E-state index in [1.807, 2.05) is 36.4 Å². The zero-order chi connectivity index (χ0) is 19.1. The summed E-state index contributed by atoms with van der Waals surface area (Å²) in [6, 6.07) is 24.4. The van der Waals surface area contributed by atoms with Crippen molar-refractivity contribution >= 4 is 0 Å². The van der Waals surface area contributed by atoms with Crippen LogP contribution in [0.15, 0.2) is 85.2 Å². The first-order chi connectivity index (χ1) is 13.3. The lowest BCUT2D eigenvalue weighted by atomic mass is 10.0. The lowest BCUT2D eigenvalue weighted by Gasteiger charge is -2.09. The number of aromatic nitrogens is 3. The van der Waals surface area contributed by atoms with Crippen LogP contribution in [0.2, 0.25) is 0 Å². The van der Waals surface area contributed by atoms with Crippen molar-refractivity contribution in [2.45, 2.75) is 6.92 Å². The van der Waals surface area contributed by atoms with Crippen LogP contribution in [0.3, 0.4) is 0 Å². The summed E-state index contributed by atoms with van der Waals surface area (Å²) in [5.74, 6) is 0. The molecular formula is C23H21N3O. The Labute approximate surface area is 159 Å². The van der Waals surface area contributed by atoms with E-state index in [9.17, 15) is 0 Å². The Balaban J connectivity index is 0.00000102. The zero-order valence-electron chi connectivity index (χ0n) is 15.4. The van der Waals surface area contributed by atoms with Crippen molar-refractivity contribution in [2.75, 3.05) is 7.11 Å². The van der Waals surface area contributed by atoms with Gasteiger partial charge in [0.05, 0.1) is 22.8 Å². The van der Waals surface area contributed by atoms with E-state index in [1.165, 1.54) is 5.56 Å². The van der Waals surface area contributed by atoms with Crippen molar-refractivity contribution in [1.29, 1.82) is 0 Å². The highest BCUT2D eigenvalue weighted by Crippen LogP contribution is 2.28. The van der Waals surface area contributed by atoms with Gasteiger partial charge in [0.2, 0.25) is 0 Å². The van der Waals surface area contributed by atoms with Crippen molar-refractivity contribution in [2.24, 2.45) is 0 Å². The minimum atomic E-state index is 0.847. The Kier molecular flexibility index (Phi) is 6.02. The van der Waals surface area contributed by atoms with Crippen LogP contribution in [0.4, 0.5) is 0 Å². The summed E-state index contributed by atoms with van der Waals surface area (Å²) in [6.45, 7) is 2.09. The Morgan fingerprint density at radius 2 is 1.11 bits per heavy atom. The molecule has 0 saturated carbocycles. The van der Waals surface area contributed by atoms with E-state index in [-0.39, 0.29) is 0 Å². The molecule has 1 aromatic carbocycles. The lowest BCUT2D eigenvalue weighted by molar-refractivity contribution is 0.399. The highest BCUT2D eigenvalue weighted by molar-refractivity contribution is 5.74. The van der Waals surface area contributed by atoms with Crippen LogP contribution in [-0.4, -0.2) is 27.2 Å². The maximum absolute atomic E-state index is 7.00. The van der Waals surface area contributed by atoms with E-state index in [4.69, 9.17) is 10.1 Å². The first kappa shape index (κ1) is 18.4. The van der Waals surface area contributed by atoms with Crippen molar-refractivity contribution in [3.05, 3.63) is 90.8 Å². The molecule has 0 aliphatic heterocycles. The summed E-state index contributed by atoms with van der Waals surface area (Å²) in [5, 5.41) is 7.00. The van der Waals surface area contributed by atoms with Gasteiger partial charge in [-0.1, -0.05) is 42.0 Å². The monoisotopic (exact) mass is 355 g/mol. The fourth-order valence-electron chi connectivity index (χ4n) is 2.73. The fraction of sp³-hybridized carbons (Fsp3) is 0.0870. The van der Waals surface area contributed by atoms with Crippen molar-refractivity contribution in [3.63, 3.8) is 0 Å². The zero-order valence-corrected chi connectivity index (χ0v) is 15.4. The van der Waals surface area contributed by atoms with Crippen molar-refractivity contribution in [1.82, 2.24) is 15.0 Å². The minimum absolute atomic E-state index is 0.847. The number of hydrogen-bond acceptors (Lipinski definition) is 4. The quantitative estimate of drug-likeness (QED) is 0.574. The van der Waals surface area contributed by atoms with Gasteiger partial charge in [-0.3, -0.25) is 9.97 Å². The topological polar surface area (TPSA) is 58.9 Å². The van der Waals surface area contributed by atoms with Gasteiger partial charge >= 0.3 is 0 Å². The van der Waals surface area contributed by atoms with Gasteiger partial charge in [0.25, 0.3) is 0 Å². The number of aliphatic hydroxyl groups excluding tert-OH is 1. The summed E-state index contributed by atoms with van der Waals surface area (Å²) < 4.78 is 0. The Morgan fingerprint density at radius 1 is 0.593 bits per heavy atom. The molecule has 0 radical (unpaired) electrons. The Bertz CT molecular complexity index is 927. The van der Waals surface area contributed by atoms with Gasteiger partial charge in [-0.05, 0) is 54.4 Å². The van der Waals surface area contributed by atoms with Crippen molar-refractivity contribution < 1.29 is 5.11 Å². The van der Waals surface area contributed by atoms with Crippen LogP contribution >= 0.6 is 0 Å². The second kappa shape index (κ2) is 8.83. The predicted octanol–water partition coefficient (Wildman–Crippen LogP) is 4.79. The van der Waals surface area contributed by atoms with Crippen LogP contribution in [-0.2, 0) is 0 Å². The van der Waals surface area contributed by atoms with E-state index in [0.29, 0.717) is 0 Å². The average Bonchev–Trinajstić information content (AvgIpc) is 2.76. The minimum Gasteiger partial charge on any atom is -0.400 e. The lowest BCUT2D eigenvalue weighted by Crippen LogP contribution is -1.93. The number of pyridine rings is 3. The van der Waals surface area contributed by atoms with Crippen molar-refractivity contribution in [3.8, 4) is 33.9 Å². The SMILES string of the molecule is CO.Cc1ccc(-c2cc(-c3ccccn3)nc(-c3ccccn3)c2)cc1. The second-order valence-electron chi connectivity index (χ2n) is 5.92. The van der Waals surface area contributed by atoms with Gasteiger partial charge in [-0.25, -0.2) is 4.98 Å². The summed E-state index contributed by atoms with van der Waals surface area (Å²) in [5.41, 5.74) is 6.91. The predicted molar refractivity (Wildman–Crippen MR) is 109 cm³/mol. The van der Waals surface area contributed by atoms with Crippen LogP contribution in [0, 0.1) is 6.92 Å². The molecule has 3 aromatic heterocycles. The summed E-state index contributed by atoms with van der Waals surface area (Å²) in [7, 11) is 1.00. The van der Waals surface area contributed by atoms with Crippen LogP contribution in [0.5, 0.6) is 0 Å². The molecule has 0 bridgehead atoms. The molecule has 0 atom stereocenters. The van der Waals surface area contributed by atoms with Gasteiger partial charge in [0.1, 0.15) is 0 Å². The maximum Gasteiger partial charge on any atom is 0.0900 e. The number of rotatable bonds is 3. The number of aryl methyl sites for hydroxylation is 1.